The maximum atomic E-state index is 12.4. The van der Waals surface area contributed by atoms with Crippen LogP contribution in [0.4, 0.5) is 0 Å². The predicted molar refractivity (Wildman–Crippen MR) is 93.7 cm³/mol. The van der Waals surface area contributed by atoms with Crippen molar-refractivity contribution in [3.63, 3.8) is 0 Å². The first-order chi connectivity index (χ1) is 11.3. The maximum Gasteiger partial charge on any atom is 0.337 e. The highest BCUT2D eigenvalue weighted by Crippen LogP contribution is 2.20. The normalized spacial score (nSPS) is 21.8. The van der Waals surface area contributed by atoms with Gasteiger partial charge in [-0.15, -0.1) is 0 Å². The van der Waals surface area contributed by atoms with E-state index in [9.17, 15) is 9.59 Å². The van der Waals surface area contributed by atoms with Gasteiger partial charge in [0.05, 0.1) is 12.7 Å². The molecule has 0 saturated carbocycles. The number of carbonyl (C=O) groups is 2. The predicted octanol–water partition coefficient (Wildman–Crippen LogP) is 2.55. The minimum Gasteiger partial charge on any atom is -0.465 e. The second-order valence-electron chi connectivity index (χ2n) is 6.98. The Balaban J connectivity index is 2.00. The van der Waals surface area contributed by atoms with E-state index in [4.69, 9.17) is 4.74 Å². The molecule has 5 nitrogen and oxygen atoms in total. The van der Waals surface area contributed by atoms with Crippen LogP contribution in [0, 0.1) is 5.92 Å². The lowest BCUT2D eigenvalue weighted by atomic mass is 10.0. The summed E-state index contributed by atoms with van der Waals surface area (Å²) in [4.78, 5) is 28.3. The molecular weight excluding hydrogens is 304 g/mol. The highest BCUT2D eigenvalue weighted by atomic mass is 16.5. The molecule has 1 fully saturated rings. The molecule has 24 heavy (non-hydrogen) atoms. The molecule has 0 N–H and O–H groups in total. The number of esters is 1. The molecule has 1 aromatic carbocycles. The Kier molecular flexibility index (Phi) is 5.99. The van der Waals surface area contributed by atoms with E-state index in [0.717, 1.165) is 25.2 Å². The van der Waals surface area contributed by atoms with Crippen LogP contribution in [-0.2, 0) is 16.1 Å². The van der Waals surface area contributed by atoms with Crippen molar-refractivity contribution in [1.82, 2.24) is 9.80 Å². The van der Waals surface area contributed by atoms with E-state index in [1.165, 1.54) is 7.11 Å². The van der Waals surface area contributed by atoms with Gasteiger partial charge in [-0.2, -0.15) is 0 Å². The zero-order chi connectivity index (χ0) is 17.9. The van der Waals surface area contributed by atoms with Crippen molar-refractivity contribution in [2.24, 2.45) is 5.92 Å². The lowest BCUT2D eigenvalue weighted by Crippen LogP contribution is -2.59. The first kappa shape index (κ1) is 18.5. The van der Waals surface area contributed by atoms with Gasteiger partial charge in [-0.05, 0) is 31.5 Å². The summed E-state index contributed by atoms with van der Waals surface area (Å²) in [5.74, 6) is -0.0472. The van der Waals surface area contributed by atoms with Gasteiger partial charge in [0.1, 0.15) is 0 Å². The third-order valence-electron chi connectivity index (χ3n) is 4.52. The van der Waals surface area contributed by atoms with Crippen LogP contribution in [0.2, 0.25) is 0 Å². The summed E-state index contributed by atoms with van der Waals surface area (Å²) in [6.45, 7) is 10.7. The van der Waals surface area contributed by atoms with Gasteiger partial charge in [0, 0.05) is 37.6 Å². The second-order valence-corrected chi connectivity index (χ2v) is 6.98. The Morgan fingerprint density at radius 1 is 1.12 bits per heavy atom. The zero-order valence-corrected chi connectivity index (χ0v) is 15.3. The number of benzene rings is 1. The molecule has 2 atom stereocenters. The fourth-order valence-electron chi connectivity index (χ4n) is 3.42. The first-order valence-corrected chi connectivity index (χ1v) is 8.55. The summed E-state index contributed by atoms with van der Waals surface area (Å²) in [7, 11) is 1.39. The molecule has 5 heteroatoms. The molecule has 1 aromatic rings. The van der Waals surface area contributed by atoms with Crippen LogP contribution < -0.4 is 0 Å². The van der Waals surface area contributed by atoms with E-state index >= 15 is 0 Å². The number of rotatable bonds is 4. The third kappa shape index (κ3) is 4.15. The summed E-state index contributed by atoms with van der Waals surface area (Å²) in [6.07, 6.45) is 0. The number of carbonyl (C=O) groups excluding carboxylic acids is 2. The van der Waals surface area contributed by atoms with Gasteiger partial charge in [0.25, 0.3) is 0 Å². The van der Waals surface area contributed by atoms with Gasteiger partial charge in [0.2, 0.25) is 5.91 Å². The van der Waals surface area contributed by atoms with Crippen molar-refractivity contribution >= 4 is 11.9 Å². The van der Waals surface area contributed by atoms with E-state index in [0.29, 0.717) is 5.56 Å². The Morgan fingerprint density at radius 3 is 2.12 bits per heavy atom. The van der Waals surface area contributed by atoms with Crippen molar-refractivity contribution in [1.29, 1.82) is 0 Å². The van der Waals surface area contributed by atoms with E-state index in [2.05, 4.69) is 18.7 Å². The highest BCUT2D eigenvalue weighted by molar-refractivity contribution is 5.89. The van der Waals surface area contributed by atoms with Crippen molar-refractivity contribution in [2.75, 3.05) is 20.2 Å². The van der Waals surface area contributed by atoms with Crippen LogP contribution in [0.15, 0.2) is 24.3 Å². The minimum atomic E-state index is -0.315. The number of piperazine rings is 1. The number of amides is 1. The summed E-state index contributed by atoms with van der Waals surface area (Å²) in [5, 5.41) is 0. The third-order valence-corrected chi connectivity index (χ3v) is 4.52. The Labute approximate surface area is 144 Å². The summed E-state index contributed by atoms with van der Waals surface area (Å²) >= 11 is 0. The first-order valence-electron chi connectivity index (χ1n) is 8.55. The molecule has 132 valence electrons. The lowest BCUT2D eigenvalue weighted by Gasteiger charge is -2.45. The molecule has 1 amide bonds. The SMILES string of the molecule is COC(=O)c1ccc(CN2C[C@@H](C)N(C(=O)C(C)C)[C@@H](C)C2)cc1. The molecule has 2 rings (SSSR count). The molecule has 1 aliphatic heterocycles. The summed E-state index contributed by atoms with van der Waals surface area (Å²) in [5.41, 5.74) is 1.72. The molecule has 0 aliphatic carbocycles. The van der Waals surface area contributed by atoms with Gasteiger partial charge in [0.15, 0.2) is 0 Å². The van der Waals surface area contributed by atoms with Crippen LogP contribution in [0.3, 0.4) is 0 Å². The van der Waals surface area contributed by atoms with Crippen molar-refractivity contribution in [3.8, 4) is 0 Å². The smallest absolute Gasteiger partial charge is 0.337 e. The van der Waals surface area contributed by atoms with E-state index in [1.807, 2.05) is 30.9 Å². The fourth-order valence-corrected chi connectivity index (χ4v) is 3.42. The number of methoxy groups -OCH3 is 1. The van der Waals surface area contributed by atoms with E-state index in [1.54, 1.807) is 12.1 Å². The number of hydrogen-bond acceptors (Lipinski definition) is 4. The van der Waals surface area contributed by atoms with Crippen LogP contribution in [0.5, 0.6) is 0 Å². The largest absolute Gasteiger partial charge is 0.465 e. The van der Waals surface area contributed by atoms with E-state index < -0.39 is 0 Å². The van der Waals surface area contributed by atoms with Crippen LogP contribution in [0.25, 0.3) is 0 Å². The van der Waals surface area contributed by atoms with Crippen LogP contribution in [-0.4, -0.2) is 54.0 Å². The van der Waals surface area contributed by atoms with Crippen molar-refractivity contribution in [2.45, 2.75) is 46.3 Å². The topological polar surface area (TPSA) is 49.9 Å². The molecule has 1 aliphatic rings. The van der Waals surface area contributed by atoms with Gasteiger partial charge in [-0.1, -0.05) is 26.0 Å². The molecular formula is C19H28N2O3. The highest BCUT2D eigenvalue weighted by Gasteiger charge is 2.33. The lowest BCUT2D eigenvalue weighted by molar-refractivity contribution is -0.142. The molecule has 1 heterocycles. The van der Waals surface area contributed by atoms with Gasteiger partial charge < -0.3 is 9.64 Å². The summed E-state index contributed by atoms with van der Waals surface area (Å²) < 4.78 is 4.72. The quantitative estimate of drug-likeness (QED) is 0.795. The molecule has 0 aromatic heterocycles. The average Bonchev–Trinajstić information content (AvgIpc) is 2.54. The fraction of sp³-hybridized carbons (Fsp3) is 0.579. The second kappa shape index (κ2) is 7.79. The average molecular weight is 332 g/mol. The maximum absolute atomic E-state index is 12.4. The van der Waals surface area contributed by atoms with Gasteiger partial charge in [-0.3, -0.25) is 9.69 Å². The molecule has 0 unspecified atom stereocenters. The number of ether oxygens (including phenoxy) is 1. The molecule has 1 saturated heterocycles. The monoisotopic (exact) mass is 332 g/mol. The number of hydrogen-bond donors (Lipinski definition) is 0. The van der Waals surface area contributed by atoms with Gasteiger partial charge in [-0.25, -0.2) is 4.79 Å². The minimum absolute atomic E-state index is 0.0346. The Bertz CT molecular complexity index is 571. The van der Waals surface area contributed by atoms with Gasteiger partial charge >= 0.3 is 5.97 Å². The summed E-state index contributed by atoms with van der Waals surface area (Å²) in [6, 6.07) is 7.94. The van der Waals surface area contributed by atoms with Crippen LogP contribution in [0.1, 0.15) is 43.6 Å². The van der Waals surface area contributed by atoms with Crippen molar-refractivity contribution in [3.05, 3.63) is 35.4 Å². The van der Waals surface area contributed by atoms with Crippen LogP contribution >= 0.6 is 0 Å². The standard InChI is InChI=1S/C19H28N2O3/c1-13(2)18(22)21-14(3)10-20(11-15(21)4)12-16-6-8-17(9-7-16)19(23)24-5/h6-9,13-15H,10-12H2,1-5H3/t14-,15+. The van der Waals surface area contributed by atoms with E-state index in [-0.39, 0.29) is 29.9 Å². The zero-order valence-electron chi connectivity index (χ0n) is 15.3. The Morgan fingerprint density at radius 2 is 1.67 bits per heavy atom. The Hall–Kier alpha value is -1.88. The molecule has 0 bridgehead atoms. The molecule has 0 spiro atoms. The molecule has 0 radical (unpaired) electrons. The number of nitrogens with zero attached hydrogens (tertiary/aromatic N) is 2. The van der Waals surface area contributed by atoms with Crippen molar-refractivity contribution < 1.29 is 14.3 Å².